The van der Waals surface area contributed by atoms with Gasteiger partial charge in [-0.25, -0.2) is 4.68 Å². The first-order chi connectivity index (χ1) is 13.3. The van der Waals surface area contributed by atoms with Crippen molar-refractivity contribution in [3.63, 3.8) is 0 Å². The molecule has 4 rings (SSSR count). The number of nitrogens with zero attached hydrogens (tertiary/aromatic N) is 4. The van der Waals surface area contributed by atoms with E-state index in [-0.39, 0.29) is 11.8 Å². The van der Waals surface area contributed by atoms with Crippen molar-refractivity contribution in [1.82, 2.24) is 20.2 Å². The number of carbonyl (C=O) groups excluding carboxylic acids is 1. The first-order valence-electron chi connectivity index (χ1n) is 9.50. The Morgan fingerprint density at radius 1 is 1.15 bits per heavy atom. The van der Waals surface area contributed by atoms with Gasteiger partial charge in [0.05, 0.1) is 12.0 Å². The molecule has 1 unspecified atom stereocenters. The van der Waals surface area contributed by atoms with Gasteiger partial charge >= 0.3 is 0 Å². The van der Waals surface area contributed by atoms with Crippen LogP contribution in [0.25, 0.3) is 11.4 Å². The first-order valence-corrected chi connectivity index (χ1v) is 9.50. The third-order valence-corrected chi connectivity index (χ3v) is 4.89. The van der Waals surface area contributed by atoms with Crippen LogP contribution in [0.4, 0.5) is 5.69 Å². The van der Waals surface area contributed by atoms with Crippen molar-refractivity contribution in [2.24, 2.45) is 0 Å². The summed E-state index contributed by atoms with van der Waals surface area (Å²) >= 11 is 0. The van der Waals surface area contributed by atoms with Crippen molar-refractivity contribution >= 4 is 11.6 Å². The van der Waals surface area contributed by atoms with Crippen molar-refractivity contribution in [2.45, 2.75) is 44.6 Å². The predicted molar refractivity (Wildman–Crippen MR) is 104 cm³/mol. The molecule has 6 nitrogen and oxygen atoms in total. The molecule has 1 N–H and O–H groups in total. The Morgan fingerprint density at radius 3 is 2.56 bits per heavy atom. The number of benzene rings is 2. The van der Waals surface area contributed by atoms with Gasteiger partial charge in [-0.2, -0.15) is 0 Å². The fraction of sp³-hybridized carbons (Fsp3) is 0.333. The van der Waals surface area contributed by atoms with Crippen LogP contribution in [0.3, 0.4) is 0 Å². The number of aromatic nitrogens is 4. The van der Waals surface area contributed by atoms with Crippen LogP contribution in [0, 0.1) is 0 Å². The average molecular weight is 361 g/mol. The number of carbonyl (C=O) groups is 1. The second-order valence-corrected chi connectivity index (χ2v) is 7.00. The Kier molecular flexibility index (Phi) is 4.96. The lowest BCUT2D eigenvalue weighted by Crippen LogP contribution is -2.21. The minimum absolute atomic E-state index is 0.0265. The molecule has 1 aliphatic carbocycles. The molecule has 3 aromatic rings. The van der Waals surface area contributed by atoms with E-state index < -0.39 is 0 Å². The number of tetrazole rings is 1. The largest absolute Gasteiger partial charge is 0.326 e. The molecule has 0 radical (unpaired) electrons. The van der Waals surface area contributed by atoms with Crippen LogP contribution in [0.1, 0.15) is 50.1 Å². The second kappa shape index (κ2) is 7.70. The molecule has 0 saturated heterocycles. The quantitative estimate of drug-likeness (QED) is 0.684. The predicted octanol–water partition coefficient (Wildman–Crippen LogP) is 4.20. The average Bonchev–Trinajstić information content (AvgIpc) is 3.44. The minimum Gasteiger partial charge on any atom is -0.326 e. The lowest BCUT2D eigenvalue weighted by atomic mass is 9.93. The highest BCUT2D eigenvalue weighted by Gasteiger charge is 2.28. The van der Waals surface area contributed by atoms with Crippen molar-refractivity contribution in [3.8, 4) is 11.4 Å². The lowest BCUT2D eigenvalue weighted by Gasteiger charge is -2.16. The molecule has 1 aliphatic rings. The summed E-state index contributed by atoms with van der Waals surface area (Å²) in [6, 6.07) is 18.1. The van der Waals surface area contributed by atoms with E-state index in [0.29, 0.717) is 6.04 Å². The van der Waals surface area contributed by atoms with Gasteiger partial charge < -0.3 is 5.32 Å². The standard InChI is InChI=1S/C21H23N5O/c1-2-6-19(15-7-4-3-5-8-15)21(27)22-17-11-9-16(10-12-17)20-23-24-25-26(20)18-13-14-18/h3-5,7-12,18-19H,2,6,13-14H2,1H3,(H,22,27). The molecule has 0 aliphatic heterocycles. The molecule has 138 valence electrons. The van der Waals surface area contributed by atoms with Crippen LogP contribution in [-0.4, -0.2) is 26.1 Å². The third-order valence-electron chi connectivity index (χ3n) is 4.89. The van der Waals surface area contributed by atoms with Gasteiger partial charge in [-0.1, -0.05) is 43.7 Å². The highest BCUT2D eigenvalue weighted by molar-refractivity contribution is 5.96. The summed E-state index contributed by atoms with van der Waals surface area (Å²) in [5.41, 5.74) is 2.79. The van der Waals surface area contributed by atoms with Gasteiger partial charge in [0.15, 0.2) is 5.82 Å². The first kappa shape index (κ1) is 17.4. The smallest absolute Gasteiger partial charge is 0.231 e. The number of hydrogen-bond acceptors (Lipinski definition) is 4. The van der Waals surface area contributed by atoms with Crippen molar-refractivity contribution in [3.05, 3.63) is 60.2 Å². The van der Waals surface area contributed by atoms with Gasteiger partial charge in [-0.15, -0.1) is 5.10 Å². The van der Waals surface area contributed by atoms with E-state index in [9.17, 15) is 4.79 Å². The van der Waals surface area contributed by atoms with Gasteiger partial charge in [0, 0.05) is 11.3 Å². The highest BCUT2D eigenvalue weighted by Crippen LogP contribution is 2.36. The summed E-state index contributed by atoms with van der Waals surface area (Å²) < 4.78 is 1.89. The molecule has 1 amide bonds. The summed E-state index contributed by atoms with van der Waals surface area (Å²) in [6.45, 7) is 2.10. The Balaban J connectivity index is 1.49. The number of amides is 1. The Morgan fingerprint density at radius 2 is 1.89 bits per heavy atom. The topological polar surface area (TPSA) is 72.7 Å². The fourth-order valence-corrected chi connectivity index (χ4v) is 3.30. The normalized spacial score (nSPS) is 14.7. The van der Waals surface area contributed by atoms with Crippen molar-refractivity contribution in [1.29, 1.82) is 0 Å². The Labute approximate surface area is 158 Å². The molecule has 1 fully saturated rings. The second-order valence-electron chi connectivity index (χ2n) is 7.00. The summed E-state index contributed by atoms with van der Waals surface area (Å²) in [7, 11) is 0. The van der Waals surface area contributed by atoms with Crippen molar-refractivity contribution < 1.29 is 4.79 Å². The molecular weight excluding hydrogens is 338 g/mol. The summed E-state index contributed by atoms with van der Waals surface area (Å²) in [5, 5.41) is 15.1. The highest BCUT2D eigenvalue weighted by atomic mass is 16.1. The molecule has 0 spiro atoms. The van der Waals surface area contributed by atoms with Crippen molar-refractivity contribution in [2.75, 3.05) is 5.32 Å². The zero-order valence-electron chi connectivity index (χ0n) is 15.4. The maximum Gasteiger partial charge on any atom is 0.231 e. The minimum atomic E-state index is -0.141. The van der Waals surface area contributed by atoms with Crippen LogP contribution >= 0.6 is 0 Å². The summed E-state index contributed by atoms with van der Waals surface area (Å²) in [5.74, 6) is 0.667. The monoisotopic (exact) mass is 361 g/mol. The number of anilines is 1. The van der Waals surface area contributed by atoms with Crippen LogP contribution in [0.15, 0.2) is 54.6 Å². The molecule has 1 saturated carbocycles. The van der Waals surface area contributed by atoms with Crippen LogP contribution in [0.2, 0.25) is 0 Å². The zero-order chi connectivity index (χ0) is 18.6. The van der Waals surface area contributed by atoms with E-state index in [4.69, 9.17) is 0 Å². The van der Waals surface area contributed by atoms with Gasteiger partial charge in [-0.05, 0) is 59.5 Å². The summed E-state index contributed by atoms with van der Waals surface area (Å²) in [6.07, 6.45) is 4.04. The van der Waals surface area contributed by atoms with Crippen LogP contribution in [-0.2, 0) is 4.79 Å². The molecule has 0 bridgehead atoms. The molecule has 6 heteroatoms. The van der Waals surface area contributed by atoms with Gasteiger partial charge in [0.25, 0.3) is 0 Å². The molecule has 1 heterocycles. The zero-order valence-corrected chi connectivity index (χ0v) is 15.4. The van der Waals surface area contributed by atoms with E-state index in [1.807, 2.05) is 59.3 Å². The van der Waals surface area contributed by atoms with Gasteiger partial charge in [0.2, 0.25) is 5.91 Å². The molecule has 27 heavy (non-hydrogen) atoms. The number of hydrogen-bond donors (Lipinski definition) is 1. The number of rotatable bonds is 7. The summed E-state index contributed by atoms with van der Waals surface area (Å²) in [4.78, 5) is 12.8. The molecule has 1 aromatic heterocycles. The van der Waals surface area contributed by atoms with Crippen LogP contribution in [0.5, 0.6) is 0 Å². The molecule has 2 aromatic carbocycles. The van der Waals surface area contributed by atoms with E-state index in [2.05, 4.69) is 27.8 Å². The van der Waals surface area contributed by atoms with E-state index in [1.54, 1.807) is 0 Å². The van der Waals surface area contributed by atoms with E-state index in [1.165, 1.54) is 0 Å². The van der Waals surface area contributed by atoms with Gasteiger partial charge in [-0.3, -0.25) is 4.79 Å². The lowest BCUT2D eigenvalue weighted by molar-refractivity contribution is -0.117. The fourth-order valence-electron chi connectivity index (χ4n) is 3.30. The number of nitrogens with one attached hydrogen (secondary N) is 1. The van der Waals surface area contributed by atoms with E-state index in [0.717, 1.165) is 48.3 Å². The molecule has 1 atom stereocenters. The Hall–Kier alpha value is -3.02. The van der Waals surface area contributed by atoms with Crippen LogP contribution < -0.4 is 5.32 Å². The van der Waals surface area contributed by atoms with Gasteiger partial charge in [0.1, 0.15) is 0 Å². The SMILES string of the molecule is CCCC(C(=O)Nc1ccc(-c2nnnn2C2CC2)cc1)c1ccccc1. The maximum absolute atomic E-state index is 12.8. The molecular formula is C21H23N5O. The maximum atomic E-state index is 12.8. The Bertz CT molecular complexity index is 900. The van der Waals surface area contributed by atoms with E-state index >= 15 is 0 Å². The third kappa shape index (κ3) is 3.89.